The lowest BCUT2D eigenvalue weighted by Gasteiger charge is -2.21. The Labute approximate surface area is 171 Å². The van der Waals surface area contributed by atoms with Crippen LogP contribution in [0.4, 0.5) is 4.39 Å². The second-order valence-electron chi connectivity index (χ2n) is 6.35. The van der Waals surface area contributed by atoms with Crippen LogP contribution in [0.2, 0.25) is 0 Å². The average Bonchev–Trinajstić information content (AvgIpc) is 3.47. The minimum atomic E-state index is -0.443. The number of hydrogen-bond acceptors (Lipinski definition) is 7. The molecule has 0 radical (unpaired) electrons. The van der Waals surface area contributed by atoms with Crippen LogP contribution in [0.3, 0.4) is 0 Å². The average molecular weight is 407 g/mol. The fourth-order valence-electron chi connectivity index (χ4n) is 2.94. The van der Waals surface area contributed by atoms with Crippen molar-refractivity contribution in [2.45, 2.75) is 13.3 Å². The lowest BCUT2D eigenvalue weighted by atomic mass is 10.1. The van der Waals surface area contributed by atoms with Crippen molar-refractivity contribution in [1.29, 1.82) is 0 Å². The van der Waals surface area contributed by atoms with Crippen LogP contribution in [0.25, 0.3) is 17.3 Å². The first-order valence-electron chi connectivity index (χ1n) is 9.35. The Kier molecular flexibility index (Phi) is 5.55. The molecule has 0 fully saturated rings. The number of para-hydroxylation sites is 1. The summed E-state index contributed by atoms with van der Waals surface area (Å²) in [6.07, 6.45) is 4.60. The maximum Gasteiger partial charge on any atom is 0.276 e. The van der Waals surface area contributed by atoms with Gasteiger partial charge in [-0.3, -0.25) is 4.79 Å². The van der Waals surface area contributed by atoms with Gasteiger partial charge in [0.05, 0.1) is 29.8 Å². The number of nitrogens with zero attached hydrogens (tertiary/aromatic N) is 7. The fourth-order valence-corrected chi connectivity index (χ4v) is 2.94. The summed E-state index contributed by atoms with van der Waals surface area (Å²) in [5.41, 5.74) is 1.49. The van der Waals surface area contributed by atoms with E-state index >= 15 is 0 Å². The Bertz CT molecular complexity index is 1130. The summed E-state index contributed by atoms with van der Waals surface area (Å²) in [4.78, 5) is 24.4. The molecule has 30 heavy (non-hydrogen) atoms. The third-order valence-corrected chi connectivity index (χ3v) is 4.46. The molecule has 152 valence electrons. The Morgan fingerprint density at radius 2 is 1.97 bits per heavy atom. The van der Waals surface area contributed by atoms with Gasteiger partial charge in [0.2, 0.25) is 0 Å². The molecule has 0 aliphatic heterocycles. The molecule has 4 aromatic rings. The van der Waals surface area contributed by atoms with E-state index in [1.54, 1.807) is 35.5 Å². The Balaban J connectivity index is 1.47. The molecule has 1 aromatic carbocycles. The number of amides is 1. The van der Waals surface area contributed by atoms with Gasteiger partial charge in [0, 0.05) is 19.5 Å². The van der Waals surface area contributed by atoms with Gasteiger partial charge in [-0.1, -0.05) is 17.3 Å². The Morgan fingerprint density at radius 3 is 2.70 bits per heavy atom. The molecule has 0 spiro atoms. The first-order valence-corrected chi connectivity index (χ1v) is 9.35. The van der Waals surface area contributed by atoms with Crippen LogP contribution in [-0.2, 0) is 6.42 Å². The van der Waals surface area contributed by atoms with E-state index in [1.807, 2.05) is 13.0 Å². The summed E-state index contributed by atoms with van der Waals surface area (Å²) in [7, 11) is 0. The summed E-state index contributed by atoms with van der Waals surface area (Å²) < 4.78 is 18.2. The third-order valence-electron chi connectivity index (χ3n) is 4.46. The minimum Gasteiger partial charge on any atom is -0.338 e. The molecule has 0 bridgehead atoms. The third kappa shape index (κ3) is 4.07. The van der Waals surface area contributed by atoms with Gasteiger partial charge in [0.25, 0.3) is 11.8 Å². The monoisotopic (exact) mass is 407 g/mol. The molecular formula is C20H18FN7O2. The Morgan fingerprint density at radius 1 is 1.17 bits per heavy atom. The van der Waals surface area contributed by atoms with Gasteiger partial charge in [-0.15, -0.1) is 0 Å². The van der Waals surface area contributed by atoms with E-state index in [2.05, 4.69) is 25.3 Å². The van der Waals surface area contributed by atoms with E-state index in [0.29, 0.717) is 42.3 Å². The molecule has 0 aliphatic rings. The predicted octanol–water partition coefficient (Wildman–Crippen LogP) is 2.56. The zero-order valence-electron chi connectivity index (χ0n) is 16.1. The van der Waals surface area contributed by atoms with Crippen LogP contribution in [0.5, 0.6) is 0 Å². The maximum atomic E-state index is 13.1. The molecule has 9 nitrogen and oxygen atoms in total. The van der Waals surface area contributed by atoms with Crippen LogP contribution in [-0.4, -0.2) is 54.0 Å². The van der Waals surface area contributed by atoms with Crippen LogP contribution in [0.15, 0.2) is 59.5 Å². The smallest absolute Gasteiger partial charge is 0.276 e. The quantitative estimate of drug-likeness (QED) is 0.464. The number of rotatable bonds is 7. The largest absolute Gasteiger partial charge is 0.338 e. The lowest BCUT2D eigenvalue weighted by molar-refractivity contribution is 0.0765. The molecule has 3 aromatic heterocycles. The van der Waals surface area contributed by atoms with Gasteiger partial charge in [0.1, 0.15) is 11.5 Å². The molecular weight excluding hydrogens is 389 g/mol. The van der Waals surface area contributed by atoms with Crippen molar-refractivity contribution in [3.05, 3.63) is 72.2 Å². The number of pyridine rings is 1. The number of carbonyl (C=O) groups is 1. The van der Waals surface area contributed by atoms with Crippen LogP contribution in [0.1, 0.15) is 23.1 Å². The number of carbonyl (C=O) groups excluding carboxylic acids is 1. The highest BCUT2D eigenvalue weighted by molar-refractivity contribution is 5.97. The van der Waals surface area contributed by atoms with Crippen molar-refractivity contribution in [2.75, 3.05) is 13.1 Å². The van der Waals surface area contributed by atoms with Gasteiger partial charge in [-0.25, -0.2) is 9.37 Å². The number of halogens is 1. The van der Waals surface area contributed by atoms with Crippen LogP contribution < -0.4 is 0 Å². The molecule has 0 aliphatic carbocycles. The summed E-state index contributed by atoms with van der Waals surface area (Å²) in [5, 5.41) is 12.2. The lowest BCUT2D eigenvalue weighted by Crippen LogP contribution is -2.33. The van der Waals surface area contributed by atoms with Gasteiger partial charge in [-0.2, -0.15) is 20.0 Å². The first-order chi connectivity index (χ1) is 14.7. The van der Waals surface area contributed by atoms with Gasteiger partial charge in [-0.05, 0) is 31.2 Å². The first kappa shape index (κ1) is 19.4. The van der Waals surface area contributed by atoms with E-state index in [1.165, 1.54) is 16.9 Å². The van der Waals surface area contributed by atoms with E-state index in [9.17, 15) is 9.18 Å². The second kappa shape index (κ2) is 8.60. The summed E-state index contributed by atoms with van der Waals surface area (Å²) in [6, 6.07) is 9.91. The molecule has 3 heterocycles. The molecule has 0 saturated carbocycles. The van der Waals surface area contributed by atoms with E-state index in [4.69, 9.17) is 4.52 Å². The van der Waals surface area contributed by atoms with Gasteiger partial charge < -0.3 is 9.42 Å². The van der Waals surface area contributed by atoms with Crippen molar-refractivity contribution < 1.29 is 13.7 Å². The molecule has 0 N–H and O–H groups in total. The SMILES string of the molecule is CCN(CCc1noc(-c2ccc(F)cn2)n1)C(=O)c1ccccc1-n1nccn1. The van der Waals surface area contributed by atoms with Crippen molar-refractivity contribution in [3.8, 4) is 17.3 Å². The highest BCUT2D eigenvalue weighted by Crippen LogP contribution is 2.17. The summed E-state index contributed by atoms with van der Waals surface area (Å²) in [6.45, 7) is 2.80. The zero-order valence-corrected chi connectivity index (χ0v) is 16.1. The molecule has 0 unspecified atom stereocenters. The van der Waals surface area contributed by atoms with Crippen LogP contribution in [0, 0.1) is 5.82 Å². The molecule has 1 amide bonds. The number of hydrogen-bond donors (Lipinski definition) is 0. The zero-order chi connectivity index (χ0) is 20.9. The van der Waals surface area contributed by atoms with E-state index in [0.717, 1.165) is 6.20 Å². The summed E-state index contributed by atoms with van der Waals surface area (Å²) >= 11 is 0. The highest BCUT2D eigenvalue weighted by atomic mass is 19.1. The van der Waals surface area contributed by atoms with E-state index < -0.39 is 5.82 Å². The molecule has 0 atom stereocenters. The summed E-state index contributed by atoms with van der Waals surface area (Å²) in [5.74, 6) is 0.0504. The topological polar surface area (TPSA) is 103 Å². The minimum absolute atomic E-state index is 0.144. The fraction of sp³-hybridized carbons (Fsp3) is 0.200. The Hall–Kier alpha value is -3.95. The number of benzene rings is 1. The van der Waals surface area contributed by atoms with Crippen molar-refractivity contribution in [1.82, 2.24) is 35.0 Å². The van der Waals surface area contributed by atoms with Crippen molar-refractivity contribution >= 4 is 5.91 Å². The van der Waals surface area contributed by atoms with Crippen molar-refractivity contribution in [3.63, 3.8) is 0 Å². The molecule has 10 heteroatoms. The second-order valence-corrected chi connectivity index (χ2v) is 6.35. The van der Waals surface area contributed by atoms with Crippen LogP contribution >= 0.6 is 0 Å². The predicted molar refractivity (Wildman–Crippen MR) is 104 cm³/mol. The normalized spacial score (nSPS) is 10.9. The van der Waals surface area contributed by atoms with Gasteiger partial charge in [0.15, 0.2) is 5.82 Å². The highest BCUT2D eigenvalue weighted by Gasteiger charge is 2.20. The molecule has 4 rings (SSSR count). The van der Waals surface area contributed by atoms with Crippen molar-refractivity contribution in [2.24, 2.45) is 0 Å². The van der Waals surface area contributed by atoms with E-state index in [-0.39, 0.29) is 11.8 Å². The maximum absolute atomic E-state index is 13.1. The number of aromatic nitrogens is 6. The number of likely N-dealkylation sites (N-methyl/N-ethyl adjacent to an activating group) is 1. The molecule has 0 saturated heterocycles. The van der Waals surface area contributed by atoms with Gasteiger partial charge >= 0.3 is 0 Å². The standard InChI is InChI=1S/C20H18FN7O2/c1-2-27(20(29)15-5-3-4-6-17(15)28-23-10-11-24-28)12-9-18-25-19(30-26-18)16-8-7-14(21)13-22-16/h3-8,10-11,13H,2,9,12H2,1H3.